The topological polar surface area (TPSA) is 176 Å². The van der Waals surface area contributed by atoms with Crippen molar-refractivity contribution < 1.29 is 46.7 Å². The molecule has 9 heteroatoms. The second-order valence-electron chi connectivity index (χ2n) is 4.91. The maximum Gasteiger partial charge on any atom is 0.233 e. The van der Waals surface area contributed by atoms with Gasteiger partial charge >= 0.3 is 0 Å². The largest absolute Gasteiger partial charge is 0.504 e. The van der Waals surface area contributed by atoms with Crippen LogP contribution in [0.3, 0.4) is 0 Å². The molecule has 0 bridgehead atoms. The third kappa shape index (κ3) is 4.85. The van der Waals surface area contributed by atoms with Gasteiger partial charge in [-0.15, -0.1) is 0 Å². The molecule has 0 saturated carbocycles. The van der Waals surface area contributed by atoms with E-state index in [0.717, 1.165) is 18.2 Å². The molecular weight excluding hydrogens is 324 g/mol. The molecule has 0 aromatic heterocycles. The van der Waals surface area contributed by atoms with E-state index in [2.05, 4.69) is 0 Å². The van der Waals surface area contributed by atoms with Crippen LogP contribution in [0.15, 0.2) is 24.3 Å². The van der Waals surface area contributed by atoms with E-state index in [-0.39, 0.29) is 5.56 Å². The van der Waals surface area contributed by atoms with Crippen molar-refractivity contribution in [3.8, 4) is 11.5 Å². The molecule has 0 aliphatic rings. The predicted octanol–water partition coefficient (Wildman–Crippen LogP) is -2.31. The zero-order chi connectivity index (χ0) is 19.3. The van der Waals surface area contributed by atoms with Crippen LogP contribution >= 0.6 is 0 Å². The summed E-state index contributed by atoms with van der Waals surface area (Å²) in [5.41, 5.74) is 0.104. The molecule has 24 heavy (non-hydrogen) atoms. The fraction of sp³-hybridized carbons (Fsp3) is 0.333. The minimum atomic E-state index is -2.43. The summed E-state index contributed by atoms with van der Waals surface area (Å²) in [5.74, 6) is -4.05. The van der Waals surface area contributed by atoms with Crippen molar-refractivity contribution in [2.45, 2.75) is 24.4 Å². The molecule has 0 spiro atoms. The van der Waals surface area contributed by atoms with Crippen molar-refractivity contribution in [2.75, 3.05) is 6.61 Å². The van der Waals surface area contributed by atoms with Crippen LogP contribution in [0.25, 0.3) is 6.08 Å². The molecule has 0 heterocycles. The number of allylic oxidation sites excluding steroid dienone is 1. The van der Waals surface area contributed by atoms with Crippen molar-refractivity contribution in [3.63, 3.8) is 0 Å². The van der Waals surface area contributed by atoms with Crippen LogP contribution in [0.5, 0.6) is 11.5 Å². The number of aliphatic hydroxyl groups excluding tert-OH is 5. The Morgan fingerprint density at radius 1 is 1.08 bits per heavy atom. The highest BCUT2D eigenvalue weighted by Crippen LogP contribution is 2.25. The molecule has 9 nitrogen and oxygen atoms in total. The Morgan fingerprint density at radius 3 is 2.25 bits per heavy atom. The number of phenolic OH excluding ortho intramolecular Hbond substituents is 2. The van der Waals surface area contributed by atoms with Crippen LogP contribution in [0, 0.1) is 0 Å². The van der Waals surface area contributed by atoms with Gasteiger partial charge in [-0.1, -0.05) is 12.1 Å². The lowest BCUT2D eigenvalue weighted by molar-refractivity contribution is -0.152. The van der Waals surface area contributed by atoms with Crippen molar-refractivity contribution >= 4 is 17.6 Å². The maximum atomic E-state index is 11.8. The molecule has 1 rings (SSSR count). The number of Topliss-reactive ketones (excluding diaryl/α,β-unsaturated/α-hetero) is 1. The van der Waals surface area contributed by atoms with Gasteiger partial charge in [0.15, 0.2) is 11.5 Å². The van der Waals surface area contributed by atoms with Crippen molar-refractivity contribution in [2.24, 2.45) is 0 Å². The van der Waals surface area contributed by atoms with Crippen LogP contribution in [-0.2, 0) is 9.59 Å². The first-order valence-electron chi connectivity index (χ1n) is 7.22. The highest BCUT2D eigenvalue weighted by molar-refractivity contribution is 6.43. The van der Waals surface area contributed by atoms with Crippen molar-refractivity contribution in [1.82, 2.24) is 0 Å². The third-order valence-electron chi connectivity index (χ3n) is 3.12. The number of carbonyl (C=O) groups excluding carboxylic acids is 2. The van der Waals surface area contributed by atoms with Gasteiger partial charge in [0.05, 0.1) is 7.98 Å². The summed E-state index contributed by atoms with van der Waals surface area (Å²) in [6.45, 7) is -0.957. The average Bonchev–Trinajstić information content (AvgIpc) is 2.60. The molecule has 132 valence electrons. The number of hydrogen-bond donors (Lipinski definition) is 7. The Bertz CT molecular complexity index is 673. The summed E-state index contributed by atoms with van der Waals surface area (Å²) in [6, 6.07) is 2.47. The maximum absolute atomic E-state index is 11.8. The zero-order valence-electron chi connectivity index (χ0n) is 13.3. The van der Waals surface area contributed by atoms with Gasteiger partial charge in [0.1, 0.15) is 24.4 Å². The molecule has 0 radical (unpaired) electrons. The number of hydrogen-bond acceptors (Lipinski definition) is 9. The number of aromatic hydroxyl groups is 2. The summed E-state index contributed by atoms with van der Waals surface area (Å²) in [5, 5.41) is 64.9. The Morgan fingerprint density at radius 2 is 1.71 bits per heavy atom. The number of carbonyl (C=O) groups is 2. The monoisotopic (exact) mass is 343 g/mol. The molecule has 7 N–H and O–H groups in total. The van der Waals surface area contributed by atoms with E-state index in [0.29, 0.717) is 0 Å². The summed E-state index contributed by atoms with van der Waals surface area (Å²) in [6.07, 6.45) is -7.76. The quantitative estimate of drug-likeness (QED) is 0.155. The summed E-state index contributed by atoms with van der Waals surface area (Å²) < 4.78 is 7.53. The summed E-state index contributed by atoms with van der Waals surface area (Å²) in [4.78, 5) is 23.6. The molecule has 0 aliphatic heterocycles. The SMILES string of the molecule is [2H]/C(=C\c1ccc(O)c(O)c1)C(=O)C(=O)[C@H](O)[C@@H](O)[C@H](O)[C@H](O)CO. The van der Waals surface area contributed by atoms with Gasteiger partial charge in [-0.25, -0.2) is 0 Å². The van der Waals surface area contributed by atoms with Crippen LogP contribution in [0.2, 0.25) is 0 Å². The first kappa shape index (κ1) is 18.0. The summed E-state index contributed by atoms with van der Waals surface area (Å²) in [7, 11) is 0. The highest BCUT2D eigenvalue weighted by atomic mass is 16.4. The molecule has 0 aliphatic carbocycles. The lowest BCUT2D eigenvalue weighted by atomic mass is 9.98. The minimum absolute atomic E-state index is 0.104. The van der Waals surface area contributed by atoms with Gasteiger partial charge in [0.25, 0.3) is 0 Å². The number of aliphatic hydroxyl groups is 5. The Balaban J connectivity index is 2.91. The number of ketones is 2. The van der Waals surface area contributed by atoms with E-state index in [9.17, 15) is 30.0 Å². The van der Waals surface area contributed by atoms with Crippen LogP contribution < -0.4 is 0 Å². The number of rotatable bonds is 8. The van der Waals surface area contributed by atoms with Gasteiger partial charge < -0.3 is 35.7 Å². The van der Waals surface area contributed by atoms with E-state index < -0.39 is 60.1 Å². The molecule has 0 unspecified atom stereocenters. The second kappa shape index (κ2) is 8.52. The fourth-order valence-corrected chi connectivity index (χ4v) is 1.66. The van der Waals surface area contributed by atoms with Crippen LogP contribution in [-0.4, -0.2) is 78.3 Å². The second-order valence-corrected chi connectivity index (χ2v) is 4.91. The number of benzene rings is 1. The molecule has 0 amide bonds. The smallest absolute Gasteiger partial charge is 0.233 e. The first-order chi connectivity index (χ1) is 11.6. The fourth-order valence-electron chi connectivity index (χ4n) is 1.66. The van der Waals surface area contributed by atoms with E-state index in [1.807, 2.05) is 0 Å². The van der Waals surface area contributed by atoms with Gasteiger partial charge in [-0.05, 0) is 23.7 Å². The van der Waals surface area contributed by atoms with Crippen molar-refractivity contribution in [3.05, 3.63) is 29.8 Å². The van der Waals surface area contributed by atoms with E-state index in [1.54, 1.807) is 0 Å². The third-order valence-corrected chi connectivity index (χ3v) is 3.12. The van der Waals surface area contributed by atoms with Crippen LogP contribution in [0.1, 0.15) is 6.93 Å². The highest BCUT2D eigenvalue weighted by Gasteiger charge is 2.36. The summed E-state index contributed by atoms with van der Waals surface area (Å²) >= 11 is 0. The molecule has 0 saturated heterocycles. The normalized spacial score (nSPS) is 17.5. The van der Waals surface area contributed by atoms with Gasteiger partial charge in [-0.3, -0.25) is 9.59 Å². The molecule has 1 aromatic rings. The van der Waals surface area contributed by atoms with E-state index >= 15 is 0 Å². The van der Waals surface area contributed by atoms with Gasteiger partial charge in [0, 0.05) is 0 Å². The standard InChI is InChI=1S/C15H18O9/c16-6-11(20)13(22)15(24)14(23)12(21)9(18)4-2-7-1-3-8(17)10(19)5-7/h1-5,11,13-17,19-20,22-24H,6H2/b4-2+/t11-,13-,14+,15+/m1/s1/i4D. The Hall–Kier alpha value is -2.30. The molecule has 1 aromatic carbocycles. The van der Waals surface area contributed by atoms with E-state index in [4.69, 9.17) is 16.7 Å². The number of phenols is 2. The molecular formula is C15H18O9. The van der Waals surface area contributed by atoms with Gasteiger partial charge in [-0.2, -0.15) is 0 Å². The van der Waals surface area contributed by atoms with Crippen LogP contribution in [0.4, 0.5) is 0 Å². The Labute approximate surface area is 137 Å². The first-order valence-corrected chi connectivity index (χ1v) is 6.72. The molecule has 4 atom stereocenters. The van der Waals surface area contributed by atoms with Crippen molar-refractivity contribution in [1.29, 1.82) is 0 Å². The van der Waals surface area contributed by atoms with Gasteiger partial charge in [0.2, 0.25) is 11.6 Å². The minimum Gasteiger partial charge on any atom is -0.504 e. The van der Waals surface area contributed by atoms with E-state index in [1.165, 1.54) is 6.07 Å². The lowest BCUT2D eigenvalue weighted by Gasteiger charge is -2.24. The molecule has 0 fully saturated rings. The Kier molecular flexibility index (Phi) is 6.41. The average molecular weight is 343 g/mol. The zero-order valence-corrected chi connectivity index (χ0v) is 12.3. The lowest BCUT2D eigenvalue weighted by Crippen LogP contribution is -2.49. The predicted molar refractivity (Wildman–Crippen MR) is 79.9 cm³/mol.